The Bertz CT molecular complexity index is 3010. The van der Waals surface area contributed by atoms with Gasteiger partial charge >= 0.3 is 0 Å². The normalized spacial score (nSPS) is 14.6. The van der Waals surface area contributed by atoms with Gasteiger partial charge in [0.05, 0.1) is 0 Å². The molecular weight excluding hydrogens is 649 g/mol. The van der Waals surface area contributed by atoms with Crippen LogP contribution in [0, 0.1) is 0 Å². The van der Waals surface area contributed by atoms with Crippen molar-refractivity contribution in [2.45, 2.75) is 38.5 Å². The lowest BCUT2D eigenvalue weighted by Gasteiger charge is -2.26. The first-order chi connectivity index (χ1) is 26.3. The van der Waals surface area contributed by atoms with Crippen molar-refractivity contribution in [1.82, 2.24) is 0 Å². The van der Waals surface area contributed by atoms with Crippen molar-refractivity contribution in [2.24, 2.45) is 0 Å². The topological polar surface area (TPSA) is 0 Å². The van der Waals surface area contributed by atoms with Gasteiger partial charge in [-0.15, -0.1) is 0 Å². The summed E-state index contributed by atoms with van der Waals surface area (Å²) < 4.78 is 0. The molecule has 0 heterocycles. The van der Waals surface area contributed by atoms with Gasteiger partial charge in [0.2, 0.25) is 0 Å². The average molecular weight is 689 g/mol. The predicted octanol–water partition coefficient (Wildman–Crippen LogP) is 14.8. The van der Waals surface area contributed by atoms with Gasteiger partial charge in [0.25, 0.3) is 0 Å². The predicted molar refractivity (Wildman–Crippen MR) is 230 cm³/mol. The van der Waals surface area contributed by atoms with Crippen LogP contribution in [0.3, 0.4) is 0 Å². The highest BCUT2D eigenvalue weighted by Gasteiger charge is 2.39. The van der Waals surface area contributed by atoms with Crippen LogP contribution in [0.25, 0.3) is 88.0 Å². The minimum Gasteiger partial charge on any atom is -0.0622 e. The van der Waals surface area contributed by atoms with E-state index in [1.54, 1.807) is 0 Å². The first-order valence-corrected chi connectivity index (χ1v) is 19.3. The molecule has 0 N–H and O–H groups in total. The Morgan fingerprint density at radius 3 is 1.48 bits per heavy atom. The molecule has 0 aliphatic heterocycles. The van der Waals surface area contributed by atoms with Crippen LogP contribution in [-0.4, -0.2) is 0 Å². The van der Waals surface area contributed by atoms with Crippen LogP contribution in [-0.2, 0) is 10.8 Å². The minimum absolute atomic E-state index is 0.110. The summed E-state index contributed by atoms with van der Waals surface area (Å²) in [6.07, 6.45) is 0. The van der Waals surface area contributed by atoms with Gasteiger partial charge in [0, 0.05) is 10.8 Å². The Morgan fingerprint density at radius 2 is 0.778 bits per heavy atom. The molecule has 256 valence electrons. The summed E-state index contributed by atoms with van der Waals surface area (Å²) in [5.41, 5.74) is 18.4. The molecular formula is C54H40. The van der Waals surface area contributed by atoms with Crippen LogP contribution in [0.4, 0.5) is 0 Å². The molecule has 0 spiro atoms. The van der Waals surface area contributed by atoms with E-state index in [4.69, 9.17) is 0 Å². The van der Waals surface area contributed by atoms with E-state index in [0.717, 1.165) is 0 Å². The number of hydrogen-bond donors (Lipinski definition) is 0. The third-order valence-electron chi connectivity index (χ3n) is 12.8. The molecule has 0 saturated carbocycles. The summed E-state index contributed by atoms with van der Waals surface area (Å²) in [4.78, 5) is 0. The maximum atomic E-state index is 2.57. The molecule has 0 amide bonds. The summed E-state index contributed by atoms with van der Waals surface area (Å²) in [7, 11) is 0. The van der Waals surface area contributed by atoms with E-state index in [-0.39, 0.29) is 10.8 Å². The summed E-state index contributed by atoms with van der Waals surface area (Å²) in [5, 5.41) is 7.78. The first kappa shape index (κ1) is 31.3. The first-order valence-electron chi connectivity index (χ1n) is 19.3. The molecule has 54 heavy (non-hydrogen) atoms. The van der Waals surface area contributed by atoms with Crippen molar-refractivity contribution >= 4 is 32.3 Å². The molecule has 2 aliphatic carbocycles. The quantitative estimate of drug-likeness (QED) is 0.162. The molecule has 0 aromatic heterocycles. The average Bonchev–Trinajstić information content (AvgIpc) is 3.57. The van der Waals surface area contributed by atoms with Crippen LogP contribution < -0.4 is 0 Å². The summed E-state index contributed by atoms with van der Waals surface area (Å²) in [6.45, 7) is 9.63. The zero-order valence-electron chi connectivity index (χ0n) is 31.2. The highest BCUT2D eigenvalue weighted by molar-refractivity contribution is 6.25. The van der Waals surface area contributed by atoms with Gasteiger partial charge < -0.3 is 0 Å². The number of benzene rings is 9. The second kappa shape index (κ2) is 11.1. The van der Waals surface area contributed by atoms with E-state index in [0.29, 0.717) is 0 Å². The van der Waals surface area contributed by atoms with Gasteiger partial charge in [-0.2, -0.15) is 0 Å². The van der Waals surface area contributed by atoms with E-state index in [1.807, 2.05) is 0 Å². The molecule has 0 bridgehead atoms. The number of fused-ring (bicyclic) bond motifs is 9. The fourth-order valence-corrected chi connectivity index (χ4v) is 10.1. The molecule has 0 atom stereocenters. The Hall–Kier alpha value is -6.24. The fourth-order valence-electron chi connectivity index (χ4n) is 10.1. The lowest BCUT2D eigenvalue weighted by atomic mass is 9.77. The summed E-state index contributed by atoms with van der Waals surface area (Å²) in [5.74, 6) is 0. The molecule has 0 unspecified atom stereocenters. The van der Waals surface area contributed by atoms with Crippen molar-refractivity contribution in [3.8, 4) is 55.6 Å². The van der Waals surface area contributed by atoms with Gasteiger partial charge in [-0.05, 0) is 141 Å². The zero-order chi connectivity index (χ0) is 36.3. The minimum atomic E-state index is -0.173. The van der Waals surface area contributed by atoms with E-state index in [2.05, 4.69) is 198 Å². The Balaban J connectivity index is 1.32. The van der Waals surface area contributed by atoms with Crippen molar-refractivity contribution in [3.05, 3.63) is 192 Å². The van der Waals surface area contributed by atoms with Gasteiger partial charge in [-0.3, -0.25) is 0 Å². The Kier molecular flexibility index (Phi) is 6.46. The molecule has 0 saturated heterocycles. The van der Waals surface area contributed by atoms with Gasteiger partial charge in [-0.25, -0.2) is 0 Å². The third kappa shape index (κ3) is 4.26. The smallest absolute Gasteiger partial charge is 0.0159 e. The number of rotatable bonds is 3. The second-order valence-electron chi connectivity index (χ2n) is 16.5. The molecule has 0 nitrogen and oxygen atoms in total. The molecule has 2 aliphatic rings. The van der Waals surface area contributed by atoms with Crippen LogP contribution in [0.15, 0.2) is 170 Å². The SMILES string of the molecule is CC1(C)c2ccccc2-c2cc3c(-c4cccc5ccccc45)c4cc5c(cc4c(-c4ccccc4)c3cc21)C(C)(C)c1cc(-c2ccccc2)ccc1-5. The monoisotopic (exact) mass is 688 g/mol. The van der Waals surface area contributed by atoms with Crippen molar-refractivity contribution in [3.63, 3.8) is 0 Å². The maximum Gasteiger partial charge on any atom is 0.0159 e. The largest absolute Gasteiger partial charge is 0.0622 e. The Morgan fingerprint density at radius 1 is 0.278 bits per heavy atom. The van der Waals surface area contributed by atoms with E-state index in [9.17, 15) is 0 Å². The molecule has 9 aromatic rings. The van der Waals surface area contributed by atoms with Crippen LogP contribution >= 0.6 is 0 Å². The van der Waals surface area contributed by atoms with E-state index >= 15 is 0 Å². The standard InChI is InChI=1S/C54H40/c1-53(2)47-25-14-13-23-38(47)41-29-43-45(31-49(41)53)51(35-19-9-6-10-20-35)46-32-50-42(30-44(46)52(43)40-24-15-21-34-18-11-12-22-37(34)40)39-27-26-36(28-48(39)54(50,3)4)33-16-7-5-8-17-33/h5-32H,1-4H3. The van der Waals surface area contributed by atoms with Crippen LogP contribution in [0.5, 0.6) is 0 Å². The van der Waals surface area contributed by atoms with Crippen molar-refractivity contribution < 1.29 is 0 Å². The van der Waals surface area contributed by atoms with Crippen molar-refractivity contribution in [1.29, 1.82) is 0 Å². The lowest BCUT2D eigenvalue weighted by molar-refractivity contribution is 0.661. The summed E-state index contributed by atoms with van der Waals surface area (Å²) >= 11 is 0. The van der Waals surface area contributed by atoms with Gasteiger partial charge in [-0.1, -0.05) is 167 Å². The number of hydrogen-bond acceptors (Lipinski definition) is 0. The molecule has 0 radical (unpaired) electrons. The van der Waals surface area contributed by atoms with E-state index in [1.165, 1.54) is 110 Å². The molecule has 9 aromatic carbocycles. The maximum absolute atomic E-state index is 2.57. The fraction of sp³-hybridized carbons (Fsp3) is 0.111. The van der Waals surface area contributed by atoms with Crippen LogP contribution in [0.2, 0.25) is 0 Å². The third-order valence-corrected chi connectivity index (χ3v) is 12.8. The lowest BCUT2D eigenvalue weighted by Crippen LogP contribution is -2.15. The molecule has 0 heteroatoms. The van der Waals surface area contributed by atoms with E-state index < -0.39 is 0 Å². The molecule has 11 rings (SSSR count). The van der Waals surface area contributed by atoms with Gasteiger partial charge in [0.1, 0.15) is 0 Å². The second-order valence-corrected chi connectivity index (χ2v) is 16.5. The zero-order valence-corrected chi connectivity index (χ0v) is 31.2. The van der Waals surface area contributed by atoms with Crippen molar-refractivity contribution in [2.75, 3.05) is 0 Å². The summed E-state index contributed by atoms with van der Waals surface area (Å²) in [6, 6.07) is 64.0. The Labute approximate surface area is 317 Å². The molecule has 0 fully saturated rings. The highest BCUT2D eigenvalue weighted by Crippen LogP contribution is 2.56. The van der Waals surface area contributed by atoms with Crippen LogP contribution in [0.1, 0.15) is 49.9 Å². The highest BCUT2D eigenvalue weighted by atomic mass is 14.4. The van der Waals surface area contributed by atoms with Gasteiger partial charge in [0.15, 0.2) is 0 Å².